The van der Waals surface area contributed by atoms with Crippen LogP contribution in [-0.4, -0.2) is 28.6 Å². The van der Waals surface area contributed by atoms with Crippen LogP contribution in [0.2, 0.25) is 5.02 Å². The largest absolute Gasteiger partial charge is 0.480 e. The minimum Gasteiger partial charge on any atom is -0.480 e. The Morgan fingerprint density at radius 2 is 2.26 bits per heavy atom. The van der Waals surface area contributed by atoms with Crippen LogP contribution >= 0.6 is 11.6 Å². The summed E-state index contributed by atoms with van der Waals surface area (Å²) < 4.78 is 0. The van der Waals surface area contributed by atoms with E-state index < -0.39 is 12.0 Å². The quantitative estimate of drug-likeness (QED) is 0.924. The van der Waals surface area contributed by atoms with Gasteiger partial charge in [0.05, 0.1) is 0 Å². The van der Waals surface area contributed by atoms with E-state index in [1.807, 2.05) is 36.9 Å². The van der Waals surface area contributed by atoms with Crippen LogP contribution in [0.4, 0.5) is 0 Å². The maximum Gasteiger partial charge on any atom is 0.321 e. The molecule has 2 rings (SSSR count). The summed E-state index contributed by atoms with van der Waals surface area (Å²) in [5, 5.41) is 10.1. The van der Waals surface area contributed by atoms with Gasteiger partial charge >= 0.3 is 5.97 Å². The molecule has 2 unspecified atom stereocenters. The number of carboxylic acid groups (broad SMARTS) is 1. The maximum atomic E-state index is 11.4. The molecule has 104 valence electrons. The molecule has 2 atom stereocenters. The summed E-state index contributed by atoms with van der Waals surface area (Å²) in [7, 11) is 0. The summed E-state index contributed by atoms with van der Waals surface area (Å²) in [4.78, 5) is 13.5. The zero-order valence-electron chi connectivity index (χ0n) is 11.4. The molecule has 1 aromatic rings. The summed E-state index contributed by atoms with van der Waals surface area (Å²) in [5.41, 5.74) is 2.13. The third-order valence-corrected chi connectivity index (χ3v) is 4.22. The minimum absolute atomic E-state index is 0.190. The van der Waals surface area contributed by atoms with Gasteiger partial charge in [0.25, 0.3) is 0 Å². The zero-order valence-corrected chi connectivity index (χ0v) is 12.2. The van der Waals surface area contributed by atoms with Crippen molar-refractivity contribution in [3.8, 4) is 0 Å². The molecule has 1 aliphatic heterocycles. The lowest BCUT2D eigenvalue weighted by atomic mass is 9.90. The van der Waals surface area contributed by atoms with E-state index in [-0.39, 0.29) is 5.92 Å². The predicted octanol–water partition coefficient (Wildman–Crippen LogP) is 3.33. The standard InChI is InChI=1S/C15H20ClNO2/c1-10-5-6-12(13(16)8-10)9-17-7-3-4-11(2)14(17)15(18)19/h5-6,8,11,14H,3-4,7,9H2,1-2H3,(H,18,19). The number of likely N-dealkylation sites (tertiary alicyclic amines) is 1. The first-order valence-corrected chi connectivity index (χ1v) is 7.08. The van der Waals surface area contributed by atoms with Crippen molar-refractivity contribution in [1.82, 2.24) is 4.90 Å². The van der Waals surface area contributed by atoms with Gasteiger partial charge in [-0.2, -0.15) is 0 Å². The molecule has 0 aromatic heterocycles. The van der Waals surface area contributed by atoms with Gasteiger partial charge in [-0.3, -0.25) is 9.69 Å². The number of hydrogen-bond acceptors (Lipinski definition) is 2. The topological polar surface area (TPSA) is 40.5 Å². The fourth-order valence-corrected chi connectivity index (χ4v) is 3.14. The number of carbonyl (C=O) groups is 1. The average molecular weight is 282 g/mol. The fraction of sp³-hybridized carbons (Fsp3) is 0.533. The van der Waals surface area contributed by atoms with Crippen molar-refractivity contribution < 1.29 is 9.90 Å². The second-order valence-corrected chi connectivity index (χ2v) is 5.88. The van der Waals surface area contributed by atoms with Crippen molar-refractivity contribution in [2.75, 3.05) is 6.54 Å². The molecule has 19 heavy (non-hydrogen) atoms. The summed E-state index contributed by atoms with van der Waals surface area (Å²) in [6, 6.07) is 5.55. The molecular formula is C15H20ClNO2. The Bertz CT molecular complexity index is 475. The molecule has 1 aromatic carbocycles. The number of halogens is 1. The van der Waals surface area contributed by atoms with Gasteiger partial charge in [-0.15, -0.1) is 0 Å². The van der Waals surface area contributed by atoms with E-state index in [0.29, 0.717) is 6.54 Å². The van der Waals surface area contributed by atoms with Crippen LogP contribution in [0, 0.1) is 12.8 Å². The van der Waals surface area contributed by atoms with Gasteiger partial charge in [0.1, 0.15) is 6.04 Å². The van der Waals surface area contributed by atoms with Crippen LogP contribution in [0.5, 0.6) is 0 Å². The second kappa shape index (κ2) is 5.93. The van der Waals surface area contributed by atoms with Gasteiger partial charge in [0.2, 0.25) is 0 Å². The van der Waals surface area contributed by atoms with Crippen LogP contribution in [0.1, 0.15) is 30.9 Å². The van der Waals surface area contributed by atoms with Crippen LogP contribution in [0.25, 0.3) is 0 Å². The van der Waals surface area contributed by atoms with Crippen LogP contribution in [0.3, 0.4) is 0 Å². The Morgan fingerprint density at radius 3 is 2.89 bits per heavy atom. The van der Waals surface area contributed by atoms with E-state index >= 15 is 0 Å². The van der Waals surface area contributed by atoms with Crippen LogP contribution < -0.4 is 0 Å². The van der Waals surface area contributed by atoms with E-state index in [4.69, 9.17) is 11.6 Å². The number of piperidine rings is 1. The first-order chi connectivity index (χ1) is 8.99. The molecule has 1 heterocycles. The predicted molar refractivity (Wildman–Crippen MR) is 76.4 cm³/mol. The minimum atomic E-state index is -0.726. The number of aliphatic carboxylic acids is 1. The van der Waals surface area contributed by atoms with E-state index in [1.165, 1.54) is 0 Å². The first kappa shape index (κ1) is 14.4. The molecular weight excluding hydrogens is 262 g/mol. The number of hydrogen-bond donors (Lipinski definition) is 1. The molecule has 0 saturated carbocycles. The molecule has 0 amide bonds. The summed E-state index contributed by atoms with van der Waals surface area (Å²) in [5.74, 6) is -0.536. The molecule has 0 radical (unpaired) electrons. The van der Waals surface area contributed by atoms with Crippen LogP contribution in [0.15, 0.2) is 18.2 Å². The Hall–Kier alpha value is -1.06. The van der Waals surface area contributed by atoms with Gasteiger partial charge in [-0.05, 0) is 49.4 Å². The normalized spacial score (nSPS) is 24.4. The Kier molecular flexibility index (Phi) is 4.48. The summed E-state index contributed by atoms with van der Waals surface area (Å²) >= 11 is 6.24. The van der Waals surface area contributed by atoms with Gasteiger partial charge < -0.3 is 5.11 Å². The maximum absolute atomic E-state index is 11.4. The third kappa shape index (κ3) is 3.28. The second-order valence-electron chi connectivity index (χ2n) is 5.47. The van der Waals surface area contributed by atoms with E-state index in [1.54, 1.807) is 0 Å². The lowest BCUT2D eigenvalue weighted by Gasteiger charge is -2.37. The monoisotopic (exact) mass is 281 g/mol. The molecule has 1 fully saturated rings. The van der Waals surface area contributed by atoms with Crippen LogP contribution in [-0.2, 0) is 11.3 Å². The lowest BCUT2D eigenvalue weighted by Crippen LogP contribution is -2.48. The van der Waals surface area contributed by atoms with Crippen molar-refractivity contribution >= 4 is 17.6 Å². The highest BCUT2D eigenvalue weighted by atomic mass is 35.5. The number of benzene rings is 1. The number of nitrogens with zero attached hydrogens (tertiary/aromatic N) is 1. The van der Waals surface area contributed by atoms with Gasteiger partial charge in [-0.25, -0.2) is 0 Å². The highest BCUT2D eigenvalue weighted by Crippen LogP contribution is 2.27. The van der Waals surface area contributed by atoms with E-state index in [2.05, 4.69) is 0 Å². The molecule has 1 saturated heterocycles. The first-order valence-electron chi connectivity index (χ1n) is 6.71. The highest BCUT2D eigenvalue weighted by molar-refractivity contribution is 6.31. The van der Waals surface area contributed by atoms with E-state index in [0.717, 1.165) is 35.5 Å². The van der Waals surface area contributed by atoms with E-state index in [9.17, 15) is 9.90 Å². The summed E-state index contributed by atoms with van der Waals surface area (Å²) in [6.07, 6.45) is 2.03. The van der Waals surface area contributed by atoms with Crippen molar-refractivity contribution in [2.24, 2.45) is 5.92 Å². The Balaban J connectivity index is 2.18. The number of carboxylic acids is 1. The third-order valence-electron chi connectivity index (χ3n) is 3.87. The van der Waals surface area contributed by atoms with Gasteiger partial charge in [0, 0.05) is 11.6 Å². The Morgan fingerprint density at radius 1 is 1.53 bits per heavy atom. The smallest absolute Gasteiger partial charge is 0.321 e. The van der Waals surface area contributed by atoms with Gasteiger partial charge in [-0.1, -0.05) is 30.7 Å². The summed E-state index contributed by atoms with van der Waals surface area (Å²) in [6.45, 7) is 5.45. The average Bonchev–Trinajstić information content (AvgIpc) is 2.32. The molecule has 4 heteroatoms. The highest BCUT2D eigenvalue weighted by Gasteiger charge is 2.34. The van der Waals surface area contributed by atoms with Crippen molar-refractivity contribution in [3.63, 3.8) is 0 Å². The molecule has 0 bridgehead atoms. The van der Waals surface area contributed by atoms with Crippen molar-refractivity contribution in [2.45, 2.75) is 39.3 Å². The molecule has 0 spiro atoms. The molecule has 3 nitrogen and oxygen atoms in total. The zero-order chi connectivity index (χ0) is 14.0. The molecule has 0 aliphatic carbocycles. The number of rotatable bonds is 3. The van der Waals surface area contributed by atoms with Crippen molar-refractivity contribution in [3.05, 3.63) is 34.3 Å². The Labute approximate surface area is 119 Å². The lowest BCUT2D eigenvalue weighted by molar-refractivity contribution is -0.147. The number of aryl methyl sites for hydroxylation is 1. The molecule has 1 aliphatic rings. The fourth-order valence-electron chi connectivity index (χ4n) is 2.85. The van der Waals surface area contributed by atoms with Gasteiger partial charge in [0.15, 0.2) is 0 Å². The SMILES string of the molecule is Cc1ccc(CN2CCCC(C)C2C(=O)O)c(Cl)c1. The molecule has 1 N–H and O–H groups in total. The van der Waals surface area contributed by atoms with Crippen molar-refractivity contribution in [1.29, 1.82) is 0 Å².